The summed E-state index contributed by atoms with van der Waals surface area (Å²) in [6.07, 6.45) is 2.45. The normalized spacial score (nSPS) is 12.8. The van der Waals surface area contributed by atoms with Gasteiger partial charge in [-0.15, -0.1) is 0 Å². The van der Waals surface area contributed by atoms with Gasteiger partial charge in [0.05, 0.1) is 6.42 Å². The van der Waals surface area contributed by atoms with Crippen molar-refractivity contribution in [1.82, 2.24) is 4.98 Å². The van der Waals surface area contributed by atoms with Gasteiger partial charge in [0.15, 0.2) is 0 Å². The van der Waals surface area contributed by atoms with Crippen molar-refractivity contribution in [2.45, 2.75) is 12.8 Å². The number of hydrogen-bond acceptors (Lipinski definition) is 4. The van der Waals surface area contributed by atoms with Crippen LogP contribution in [0.15, 0.2) is 41.3 Å². The van der Waals surface area contributed by atoms with Gasteiger partial charge in [0, 0.05) is 37.3 Å². The molecule has 0 atom stereocenters. The average Bonchev–Trinajstić information content (AvgIpc) is 3.00. The van der Waals surface area contributed by atoms with Gasteiger partial charge in [0.2, 0.25) is 11.5 Å². The van der Waals surface area contributed by atoms with Crippen LogP contribution < -0.4 is 15.8 Å². The van der Waals surface area contributed by atoms with Crippen LogP contribution in [0.1, 0.15) is 11.1 Å². The molecule has 0 radical (unpaired) electrons. The molecule has 1 aromatic heterocycles. The van der Waals surface area contributed by atoms with Crippen molar-refractivity contribution in [3.8, 4) is 0 Å². The van der Waals surface area contributed by atoms with E-state index >= 15 is 0 Å². The first-order valence-corrected chi connectivity index (χ1v) is 7.96. The fourth-order valence-corrected chi connectivity index (χ4v) is 2.88. The zero-order chi connectivity index (χ0) is 17.8. The van der Waals surface area contributed by atoms with Crippen molar-refractivity contribution in [2.24, 2.45) is 0 Å². The number of pyridine rings is 1. The van der Waals surface area contributed by atoms with Crippen LogP contribution in [0.5, 0.6) is 0 Å². The third-order valence-electron chi connectivity index (χ3n) is 4.04. The summed E-state index contributed by atoms with van der Waals surface area (Å²) in [5.74, 6) is -0.242. The molecule has 1 aliphatic heterocycles. The zero-order valence-electron chi connectivity index (χ0n) is 13.9. The van der Waals surface area contributed by atoms with Crippen LogP contribution >= 0.6 is 0 Å². The Balaban J connectivity index is 1.66. The lowest BCUT2D eigenvalue weighted by Gasteiger charge is -2.17. The number of methoxy groups -OCH3 is 1. The molecule has 0 saturated carbocycles. The summed E-state index contributed by atoms with van der Waals surface area (Å²) < 4.78 is 4.90. The minimum atomic E-state index is -0.199. The summed E-state index contributed by atoms with van der Waals surface area (Å²) in [5.41, 5.74) is 3.10. The number of aromatic nitrogens is 1. The number of nitrogens with zero attached hydrogens (tertiary/aromatic N) is 1. The van der Waals surface area contributed by atoms with Gasteiger partial charge in [-0.25, -0.2) is 0 Å². The fraction of sp³-hybridized carbons (Fsp3) is 0.278. The molecule has 1 aromatic carbocycles. The summed E-state index contributed by atoms with van der Waals surface area (Å²) in [5, 5.41) is 2.84. The maximum atomic E-state index is 12.1. The van der Waals surface area contributed by atoms with E-state index < -0.39 is 0 Å². The van der Waals surface area contributed by atoms with Gasteiger partial charge >= 0.3 is 0 Å². The molecule has 2 N–H and O–H groups in total. The molecule has 25 heavy (non-hydrogen) atoms. The second-order valence-corrected chi connectivity index (χ2v) is 5.86. The number of hydrogen-bond donors (Lipinski definition) is 2. The SMILES string of the molecule is COCC(=O)N1CCc2cc(NC(=O)Cc3ccc(=O)[nH]c3)ccc21. The van der Waals surface area contributed by atoms with Crippen LogP contribution in [-0.4, -0.2) is 37.1 Å². The topological polar surface area (TPSA) is 91.5 Å². The van der Waals surface area contributed by atoms with E-state index in [1.807, 2.05) is 12.1 Å². The molecule has 2 heterocycles. The van der Waals surface area contributed by atoms with Gasteiger partial charge in [0.25, 0.3) is 5.91 Å². The molecule has 130 valence electrons. The van der Waals surface area contributed by atoms with E-state index in [-0.39, 0.29) is 30.4 Å². The second-order valence-electron chi connectivity index (χ2n) is 5.86. The number of carbonyl (C=O) groups is 2. The van der Waals surface area contributed by atoms with Crippen LogP contribution in [0.3, 0.4) is 0 Å². The van der Waals surface area contributed by atoms with Gasteiger partial charge in [-0.05, 0) is 35.7 Å². The van der Waals surface area contributed by atoms with Crippen molar-refractivity contribution < 1.29 is 14.3 Å². The standard InChI is InChI=1S/C18H19N3O4/c1-25-11-18(24)21-7-6-13-9-14(3-4-15(13)21)20-17(23)8-12-2-5-16(22)19-10-12/h2-5,9-10H,6-8,11H2,1H3,(H,19,22)(H,20,23). The number of amides is 2. The highest BCUT2D eigenvalue weighted by atomic mass is 16.5. The fourth-order valence-electron chi connectivity index (χ4n) is 2.88. The van der Waals surface area contributed by atoms with Crippen LogP contribution in [0, 0.1) is 0 Å². The Bertz CT molecular complexity index is 839. The number of benzene rings is 1. The van der Waals surface area contributed by atoms with Crippen molar-refractivity contribution in [1.29, 1.82) is 0 Å². The minimum absolute atomic E-state index is 0.0527. The summed E-state index contributed by atoms with van der Waals surface area (Å²) in [4.78, 5) is 39.4. The van der Waals surface area contributed by atoms with Crippen molar-refractivity contribution in [3.63, 3.8) is 0 Å². The molecule has 0 fully saturated rings. The van der Waals surface area contributed by atoms with E-state index in [2.05, 4.69) is 10.3 Å². The summed E-state index contributed by atoms with van der Waals surface area (Å²) in [6.45, 7) is 0.670. The minimum Gasteiger partial charge on any atom is -0.375 e. The number of rotatable bonds is 5. The number of nitrogens with one attached hydrogen (secondary N) is 2. The molecule has 0 spiro atoms. The first kappa shape index (κ1) is 16.9. The maximum Gasteiger partial charge on any atom is 0.252 e. The lowest BCUT2D eigenvalue weighted by atomic mass is 10.1. The van der Waals surface area contributed by atoms with Crippen LogP contribution in [-0.2, 0) is 27.2 Å². The third-order valence-corrected chi connectivity index (χ3v) is 4.04. The highest BCUT2D eigenvalue weighted by Gasteiger charge is 2.24. The third kappa shape index (κ3) is 3.95. The number of carbonyl (C=O) groups excluding carboxylic acids is 2. The molecule has 0 unspecified atom stereocenters. The van der Waals surface area contributed by atoms with Gasteiger partial charge in [0.1, 0.15) is 6.61 Å². The van der Waals surface area contributed by atoms with Gasteiger partial charge in [-0.2, -0.15) is 0 Å². The van der Waals surface area contributed by atoms with Gasteiger partial charge in [-0.1, -0.05) is 6.07 Å². The largest absolute Gasteiger partial charge is 0.375 e. The molecular formula is C18H19N3O4. The van der Waals surface area contributed by atoms with E-state index in [1.165, 1.54) is 19.4 Å². The Labute approximate surface area is 144 Å². The number of ether oxygens (including phenoxy) is 1. The quantitative estimate of drug-likeness (QED) is 0.852. The Morgan fingerprint density at radius 1 is 1.28 bits per heavy atom. The first-order valence-electron chi connectivity index (χ1n) is 7.96. The molecular weight excluding hydrogens is 322 g/mol. The number of H-pyrrole nitrogens is 1. The van der Waals surface area contributed by atoms with Crippen molar-refractivity contribution >= 4 is 23.2 Å². The zero-order valence-corrected chi connectivity index (χ0v) is 13.9. The molecule has 2 amide bonds. The Kier molecular flexibility index (Phi) is 4.95. The van der Waals surface area contributed by atoms with Crippen LogP contribution in [0.2, 0.25) is 0 Å². The predicted octanol–water partition coefficient (Wildman–Crippen LogP) is 1.09. The predicted molar refractivity (Wildman–Crippen MR) is 93.8 cm³/mol. The molecule has 7 heteroatoms. The first-order chi connectivity index (χ1) is 12.1. The molecule has 3 rings (SSSR count). The number of anilines is 2. The lowest BCUT2D eigenvalue weighted by Crippen LogP contribution is -2.31. The molecule has 1 aliphatic rings. The second kappa shape index (κ2) is 7.31. The van der Waals surface area contributed by atoms with E-state index in [0.29, 0.717) is 12.2 Å². The molecule has 0 aliphatic carbocycles. The molecule has 0 saturated heterocycles. The number of fused-ring (bicyclic) bond motifs is 1. The van der Waals surface area contributed by atoms with E-state index in [4.69, 9.17) is 4.74 Å². The van der Waals surface area contributed by atoms with Gasteiger partial charge < -0.3 is 19.9 Å². The van der Waals surface area contributed by atoms with Crippen LogP contribution in [0.4, 0.5) is 11.4 Å². The van der Waals surface area contributed by atoms with E-state index in [9.17, 15) is 14.4 Å². The lowest BCUT2D eigenvalue weighted by molar-refractivity contribution is -0.122. The highest BCUT2D eigenvalue weighted by Crippen LogP contribution is 2.30. The summed E-state index contributed by atoms with van der Waals surface area (Å²) >= 11 is 0. The number of aromatic amines is 1. The monoisotopic (exact) mass is 341 g/mol. The van der Waals surface area contributed by atoms with Gasteiger partial charge in [-0.3, -0.25) is 14.4 Å². The Hall–Kier alpha value is -2.93. The molecule has 0 bridgehead atoms. The maximum absolute atomic E-state index is 12.1. The Morgan fingerprint density at radius 2 is 2.12 bits per heavy atom. The molecule has 2 aromatic rings. The van der Waals surface area contributed by atoms with Crippen LogP contribution in [0.25, 0.3) is 0 Å². The summed E-state index contributed by atoms with van der Waals surface area (Å²) in [7, 11) is 1.50. The molecule has 7 nitrogen and oxygen atoms in total. The smallest absolute Gasteiger partial charge is 0.252 e. The average molecular weight is 341 g/mol. The Morgan fingerprint density at radius 3 is 2.84 bits per heavy atom. The summed E-state index contributed by atoms with van der Waals surface area (Å²) in [6, 6.07) is 8.53. The van der Waals surface area contributed by atoms with E-state index in [1.54, 1.807) is 17.0 Å². The van der Waals surface area contributed by atoms with Crippen molar-refractivity contribution in [2.75, 3.05) is 30.5 Å². The highest BCUT2D eigenvalue weighted by molar-refractivity contribution is 5.97. The van der Waals surface area contributed by atoms with E-state index in [0.717, 1.165) is 23.2 Å². The van der Waals surface area contributed by atoms with Crippen molar-refractivity contribution in [3.05, 3.63) is 58.0 Å².